The number of hydrogen-bond acceptors (Lipinski definition) is 5. The summed E-state index contributed by atoms with van der Waals surface area (Å²) in [5.74, 6) is -0.922. The Morgan fingerprint density at radius 2 is 1.67 bits per heavy atom. The van der Waals surface area contributed by atoms with Crippen LogP contribution in [0.25, 0.3) is 0 Å². The Balaban J connectivity index is 1.90. The van der Waals surface area contributed by atoms with E-state index in [1.807, 2.05) is 6.07 Å². The molecule has 33 heavy (non-hydrogen) atoms. The number of aryl methyl sites for hydroxylation is 1. The van der Waals surface area contributed by atoms with Crippen molar-refractivity contribution in [3.05, 3.63) is 89.5 Å². The number of methoxy groups -OCH3 is 1. The number of nitrogens with two attached hydrogens (primary N) is 1. The molecule has 9 heteroatoms. The number of nitrogens with one attached hydrogen (secondary N) is 1. The number of nitrogens with zero attached hydrogens (tertiary/aromatic N) is 1. The molecule has 2 amide bonds. The molecular formula is C24H25N3O5S. The van der Waals surface area contributed by atoms with Crippen LogP contribution >= 0.6 is 0 Å². The average Bonchev–Trinajstić information content (AvgIpc) is 2.79. The van der Waals surface area contributed by atoms with E-state index in [9.17, 15) is 18.0 Å². The maximum absolute atomic E-state index is 13.6. The van der Waals surface area contributed by atoms with E-state index >= 15 is 0 Å². The maximum atomic E-state index is 13.6. The standard InChI is InChI=1S/C24H25N3O5S/c1-17-8-13-21(32-2)22(14-17)33(30,31)27(15-18-6-4-3-5-7-18)16-23(28)26-20-11-9-19(10-12-20)24(25)29/h3-14H,15-16H2,1-2H3,(H2,25,29)(H,26,28). The minimum absolute atomic E-state index is 0.00565. The minimum atomic E-state index is -4.08. The molecule has 8 nitrogen and oxygen atoms in total. The van der Waals surface area contributed by atoms with Crippen LogP contribution in [0.3, 0.4) is 0 Å². The molecule has 0 aliphatic heterocycles. The Bertz CT molecular complexity index is 1240. The molecule has 0 aliphatic rings. The Hall–Kier alpha value is -3.69. The Labute approximate surface area is 193 Å². The third-order valence-corrected chi connectivity index (χ3v) is 6.72. The van der Waals surface area contributed by atoms with Gasteiger partial charge in [-0.1, -0.05) is 36.4 Å². The molecule has 0 aromatic heterocycles. The van der Waals surface area contributed by atoms with Crippen LogP contribution < -0.4 is 15.8 Å². The molecule has 0 aliphatic carbocycles. The van der Waals surface area contributed by atoms with Gasteiger partial charge in [-0.05, 0) is 54.4 Å². The summed E-state index contributed by atoms with van der Waals surface area (Å²) >= 11 is 0. The summed E-state index contributed by atoms with van der Waals surface area (Å²) in [5, 5.41) is 2.66. The van der Waals surface area contributed by atoms with E-state index in [2.05, 4.69) is 5.32 Å². The number of anilines is 1. The van der Waals surface area contributed by atoms with E-state index in [1.165, 1.54) is 37.4 Å². The van der Waals surface area contributed by atoms with Gasteiger partial charge in [0.2, 0.25) is 21.8 Å². The molecule has 3 N–H and O–H groups in total. The van der Waals surface area contributed by atoms with Crippen molar-refractivity contribution in [1.29, 1.82) is 0 Å². The zero-order valence-corrected chi connectivity index (χ0v) is 19.1. The number of ether oxygens (including phenoxy) is 1. The smallest absolute Gasteiger partial charge is 0.248 e. The van der Waals surface area contributed by atoms with Gasteiger partial charge in [0, 0.05) is 17.8 Å². The highest BCUT2D eigenvalue weighted by Gasteiger charge is 2.30. The van der Waals surface area contributed by atoms with Gasteiger partial charge in [0.25, 0.3) is 0 Å². The summed E-state index contributed by atoms with van der Waals surface area (Å²) < 4.78 is 33.6. The van der Waals surface area contributed by atoms with Crippen molar-refractivity contribution >= 4 is 27.5 Å². The highest BCUT2D eigenvalue weighted by molar-refractivity contribution is 7.89. The lowest BCUT2D eigenvalue weighted by Gasteiger charge is -2.23. The van der Waals surface area contributed by atoms with Crippen molar-refractivity contribution in [2.75, 3.05) is 19.0 Å². The molecule has 0 heterocycles. The van der Waals surface area contributed by atoms with E-state index in [-0.39, 0.29) is 17.2 Å². The van der Waals surface area contributed by atoms with E-state index in [0.717, 1.165) is 15.4 Å². The quantitative estimate of drug-likeness (QED) is 0.502. The second-order valence-corrected chi connectivity index (χ2v) is 9.31. The molecular weight excluding hydrogens is 442 g/mol. The summed E-state index contributed by atoms with van der Waals surface area (Å²) in [6, 6.07) is 19.9. The molecule has 0 saturated carbocycles. The summed E-state index contributed by atoms with van der Waals surface area (Å²) in [6.45, 7) is 1.35. The highest BCUT2D eigenvalue weighted by Crippen LogP contribution is 2.28. The lowest BCUT2D eigenvalue weighted by Crippen LogP contribution is -2.37. The monoisotopic (exact) mass is 467 g/mol. The van der Waals surface area contributed by atoms with Crippen LogP contribution in [0.1, 0.15) is 21.5 Å². The molecule has 0 saturated heterocycles. The highest BCUT2D eigenvalue weighted by atomic mass is 32.2. The fraction of sp³-hybridized carbons (Fsp3) is 0.167. The number of sulfonamides is 1. The van der Waals surface area contributed by atoms with Crippen molar-refractivity contribution in [2.45, 2.75) is 18.4 Å². The molecule has 0 spiro atoms. The summed E-state index contributed by atoms with van der Waals surface area (Å²) in [4.78, 5) is 24.0. The molecule has 3 rings (SSSR count). The third-order valence-electron chi connectivity index (χ3n) is 4.91. The first-order chi connectivity index (χ1) is 15.7. The second-order valence-electron chi connectivity index (χ2n) is 7.40. The number of hydrogen-bond donors (Lipinski definition) is 2. The topological polar surface area (TPSA) is 119 Å². The first-order valence-corrected chi connectivity index (χ1v) is 11.5. The van der Waals surface area contributed by atoms with E-state index < -0.39 is 28.4 Å². The van der Waals surface area contributed by atoms with Gasteiger partial charge in [0.15, 0.2) is 0 Å². The molecule has 0 fully saturated rings. The minimum Gasteiger partial charge on any atom is -0.495 e. The van der Waals surface area contributed by atoms with Crippen LogP contribution in [0.2, 0.25) is 0 Å². The van der Waals surface area contributed by atoms with Crippen molar-refractivity contribution in [3.63, 3.8) is 0 Å². The zero-order valence-electron chi connectivity index (χ0n) is 18.3. The largest absolute Gasteiger partial charge is 0.495 e. The van der Waals surface area contributed by atoms with Gasteiger partial charge in [-0.15, -0.1) is 0 Å². The van der Waals surface area contributed by atoms with Gasteiger partial charge in [-0.3, -0.25) is 9.59 Å². The van der Waals surface area contributed by atoms with E-state index in [1.54, 1.807) is 43.3 Å². The zero-order chi connectivity index (χ0) is 24.0. The fourth-order valence-corrected chi connectivity index (χ4v) is 4.84. The molecule has 0 radical (unpaired) electrons. The van der Waals surface area contributed by atoms with Crippen LogP contribution in [0.5, 0.6) is 5.75 Å². The number of rotatable bonds is 9. The van der Waals surface area contributed by atoms with Gasteiger partial charge >= 0.3 is 0 Å². The van der Waals surface area contributed by atoms with Crippen LogP contribution in [-0.4, -0.2) is 38.2 Å². The predicted molar refractivity (Wildman–Crippen MR) is 125 cm³/mol. The Morgan fingerprint density at radius 3 is 2.27 bits per heavy atom. The third kappa shape index (κ3) is 5.97. The summed E-state index contributed by atoms with van der Waals surface area (Å²) in [5.41, 5.74) is 7.41. The first-order valence-electron chi connectivity index (χ1n) is 10.1. The van der Waals surface area contributed by atoms with Gasteiger partial charge < -0.3 is 15.8 Å². The van der Waals surface area contributed by atoms with Crippen LogP contribution in [0, 0.1) is 6.92 Å². The molecule has 0 atom stereocenters. The van der Waals surface area contributed by atoms with E-state index in [0.29, 0.717) is 11.3 Å². The first kappa shape index (κ1) is 24.0. The Kier molecular flexibility index (Phi) is 7.47. The molecule has 172 valence electrons. The number of carbonyl (C=O) groups is 2. The summed E-state index contributed by atoms with van der Waals surface area (Å²) in [7, 11) is -2.69. The number of primary amides is 1. The normalized spacial score (nSPS) is 11.2. The van der Waals surface area contributed by atoms with Crippen molar-refractivity contribution < 1.29 is 22.7 Å². The van der Waals surface area contributed by atoms with Crippen LogP contribution in [0.15, 0.2) is 77.7 Å². The van der Waals surface area contributed by atoms with Gasteiger partial charge in [0.05, 0.1) is 13.7 Å². The lowest BCUT2D eigenvalue weighted by molar-refractivity contribution is -0.116. The molecule has 0 unspecified atom stereocenters. The SMILES string of the molecule is COc1ccc(C)cc1S(=O)(=O)N(CC(=O)Nc1ccc(C(N)=O)cc1)Cc1ccccc1. The van der Waals surface area contributed by atoms with Crippen molar-refractivity contribution in [2.24, 2.45) is 5.73 Å². The number of carbonyl (C=O) groups excluding carboxylic acids is 2. The molecule has 3 aromatic carbocycles. The van der Waals surface area contributed by atoms with E-state index in [4.69, 9.17) is 10.5 Å². The van der Waals surface area contributed by atoms with Gasteiger partial charge in [-0.2, -0.15) is 4.31 Å². The van der Waals surface area contributed by atoms with Crippen molar-refractivity contribution in [3.8, 4) is 5.75 Å². The second kappa shape index (κ2) is 10.3. The van der Waals surface area contributed by atoms with Crippen molar-refractivity contribution in [1.82, 2.24) is 4.31 Å². The predicted octanol–water partition coefficient (Wildman–Crippen LogP) is 2.93. The van der Waals surface area contributed by atoms with Crippen LogP contribution in [-0.2, 0) is 21.4 Å². The number of benzene rings is 3. The fourth-order valence-electron chi connectivity index (χ4n) is 3.22. The molecule has 3 aromatic rings. The van der Waals surface area contributed by atoms with Gasteiger partial charge in [-0.25, -0.2) is 8.42 Å². The summed E-state index contributed by atoms with van der Waals surface area (Å²) in [6.07, 6.45) is 0. The average molecular weight is 468 g/mol. The maximum Gasteiger partial charge on any atom is 0.248 e. The van der Waals surface area contributed by atoms with Crippen LogP contribution in [0.4, 0.5) is 5.69 Å². The Morgan fingerprint density at radius 1 is 1.00 bits per heavy atom. The number of amides is 2. The lowest BCUT2D eigenvalue weighted by atomic mass is 10.2. The molecule has 0 bridgehead atoms. The van der Waals surface area contributed by atoms with Gasteiger partial charge in [0.1, 0.15) is 10.6 Å².